The number of allylic oxidation sites excluding steroid dienone is 1. The molecule has 1 aliphatic rings. The van der Waals surface area contributed by atoms with Crippen LogP contribution in [-0.4, -0.2) is 29.2 Å². The van der Waals surface area contributed by atoms with Gasteiger partial charge in [0.2, 0.25) is 0 Å². The smallest absolute Gasteiger partial charge is 0.0573 e. The molecule has 1 aliphatic heterocycles. The van der Waals surface area contributed by atoms with Gasteiger partial charge in [-0.2, -0.15) is 0 Å². The van der Waals surface area contributed by atoms with Crippen molar-refractivity contribution in [3.05, 3.63) is 12.3 Å². The number of aliphatic hydroxyl groups is 1. The number of likely N-dealkylation sites (tertiary alicyclic amines) is 1. The van der Waals surface area contributed by atoms with Crippen molar-refractivity contribution in [1.82, 2.24) is 4.90 Å². The number of nitrogens with zero attached hydrogens (tertiary/aromatic N) is 1. The van der Waals surface area contributed by atoms with Crippen LogP contribution in [0.15, 0.2) is 12.3 Å². The standard InChI is InChI=1S/C13H25NO/c1-5-13(3,4)10-11(2)14-8-6-12(15)7-9-14/h12,15H,2,5-10H2,1,3-4H3. The molecule has 1 fully saturated rings. The lowest BCUT2D eigenvalue weighted by molar-refractivity contribution is 0.0928. The fourth-order valence-corrected chi connectivity index (χ4v) is 1.97. The lowest BCUT2D eigenvalue weighted by Crippen LogP contribution is -2.36. The Morgan fingerprint density at radius 2 is 1.93 bits per heavy atom. The van der Waals surface area contributed by atoms with E-state index in [4.69, 9.17) is 0 Å². The Morgan fingerprint density at radius 1 is 1.40 bits per heavy atom. The highest BCUT2D eigenvalue weighted by Gasteiger charge is 2.22. The zero-order valence-electron chi connectivity index (χ0n) is 10.4. The van der Waals surface area contributed by atoms with E-state index in [1.165, 1.54) is 12.1 Å². The van der Waals surface area contributed by atoms with Gasteiger partial charge < -0.3 is 10.0 Å². The third-order valence-electron chi connectivity index (χ3n) is 3.55. The van der Waals surface area contributed by atoms with Crippen LogP contribution in [0.3, 0.4) is 0 Å². The predicted molar refractivity (Wildman–Crippen MR) is 64.6 cm³/mol. The van der Waals surface area contributed by atoms with Gasteiger partial charge in [0.1, 0.15) is 0 Å². The van der Waals surface area contributed by atoms with Crippen molar-refractivity contribution in [2.75, 3.05) is 13.1 Å². The van der Waals surface area contributed by atoms with Crippen LogP contribution in [0.25, 0.3) is 0 Å². The largest absolute Gasteiger partial charge is 0.393 e. The van der Waals surface area contributed by atoms with E-state index in [1.807, 2.05) is 0 Å². The zero-order valence-corrected chi connectivity index (χ0v) is 10.4. The van der Waals surface area contributed by atoms with Gasteiger partial charge in [-0.15, -0.1) is 0 Å². The highest BCUT2D eigenvalue weighted by molar-refractivity contribution is 4.99. The maximum absolute atomic E-state index is 9.43. The Balaban J connectivity index is 2.41. The molecule has 15 heavy (non-hydrogen) atoms. The topological polar surface area (TPSA) is 23.5 Å². The monoisotopic (exact) mass is 211 g/mol. The molecular formula is C13H25NO. The van der Waals surface area contributed by atoms with Crippen molar-refractivity contribution >= 4 is 0 Å². The molecule has 2 nitrogen and oxygen atoms in total. The molecule has 0 aliphatic carbocycles. The minimum absolute atomic E-state index is 0.0896. The Bertz CT molecular complexity index is 215. The van der Waals surface area contributed by atoms with Crippen molar-refractivity contribution < 1.29 is 5.11 Å². The average molecular weight is 211 g/mol. The van der Waals surface area contributed by atoms with Crippen molar-refractivity contribution in [3.8, 4) is 0 Å². The number of rotatable bonds is 4. The molecule has 88 valence electrons. The van der Waals surface area contributed by atoms with Crippen LogP contribution in [0.2, 0.25) is 0 Å². The maximum Gasteiger partial charge on any atom is 0.0573 e. The van der Waals surface area contributed by atoms with E-state index in [-0.39, 0.29) is 6.10 Å². The lowest BCUT2D eigenvalue weighted by atomic mass is 9.85. The van der Waals surface area contributed by atoms with Gasteiger partial charge in [-0.25, -0.2) is 0 Å². The van der Waals surface area contributed by atoms with Crippen LogP contribution in [0.1, 0.15) is 46.5 Å². The summed E-state index contributed by atoms with van der Waals surface area (Å²) < 4.78 is 0. The molecule has 0 amide bonds. The number of hydrogen-bond donors (Lipinski definition) is 1. The predicted octanol–water partition coefficient (Wildman–Crippen LogP) is 2.78. The van der Waals surface area contributed by atoms with Gasteiger partial charge in [0.25, 0.3) is 0 Å². The number of piperidine rings is 1. The Morgan fingerprint density at radius 3 is 2.40 bits per heavy atom. The van der Waals surface area contributed by atoms with Gasteiger partial charge in [-0.3, -0.25) is 0 Å². The molecule has 0 unspecified atom stereocenters. The first-order chi connectivity index (χ1) is 6.94. The lowest BCUT2D eigenvalue weighted by Gasteiger charge is -2.36. The van der Waals surface area contributed by atoms with Gasteiger partial charge >= 0.3 is 0 Å². The van der Waals surface area contributed by atoms with Crippen molar-refractivity contribution in [2.45, 2.75) is 52.6 Å². The SMILES string of the molecule is C=C(CC(C)(C)CC)N1CCC(O)CC1. The zero-order chi connectivity index (χ0) is 11.5. The summed E-state index contributed by atoms with van der Waals surface area (Å²) in [5.74, 6) is 0. The molecule has 0 bridgehead atoms. The van der Waals surface area contributed by atoms with E-state index in [2.05, 4.69) is 32.3 Å². The van der Waals surface area contributed by atoms with Crippen LogP contribution in [0, 0.1) is 5.41 Å². The summed E-state index contributed by atoms with van der Waals surface area (Å²) in [4.78, 5) is 2.34. The fraction of sp³-hybridized carbons (Fsp3) is 0.846. The maximum atomic E-state index is 9.43. The first kappa shape index (κ1) is 12.6. The molecular weight excluding hydrogens is 186 g/mol. The molecule has 1 N–H and O–H groups in total. The molecule has 0 atom stereocenters. The van der Waals surface area contributed by atoms with E-state index in [1.54, 1.807) is 0 Å². The highest BCUT2D eigenvalue weighted by Crippen LogP contribution is 2.30. The third kappa shape index (κ3) is 3.86. The van der Waals surface area contributed by atoms with Gasteiger partial charge in [-0.05, 0) is 24.7 Å². The summed E-state index contributed by atoms with van der Waals surface area (Å²) in [6, 6.07) is 0. The summed E-state index contributed by atoms with van der Waals surface area (Å²) in [6.07, 6.45) is 3.95. The second-order valence-electron chi connectivity index (χ2n) is 5.48. The van der Waals surface area contributed by atoms with Gasteiger partial charge in [-0.1, -0.05) is 33.8 Å². The van der Waals surface area contributed by atoms with Crippen molar-refractivity contribution in [1.29, 1.82) is 0 Å². The summed E-state index contributed by atoms with van der Waals surface area (Å²) in [5, 5.41) is 9.43. The van der Waals surface area contributed by atoms with E-state index in [0.717, 1.165) is 32.4 Å². The van der Waals surface area contributed by atoms with Crippen molar-refractivity contribution in [3.63, 3.8) is 0 Å². The molecule has 0 aromatic heterocycles. The van der Waals surface area contributed by atoms with Crippen molar-refractivity contribution in [2.24, 2.45) is 5.41 Å². The van der Waals surface area contributed by atoms with Crippen LogP contribution >= 0.6 is 0 Å². The molecule has 1 rings (SSSR count). The quantitative estimate of drug-likeness (QED) is 0.773. The highest BCUT2D eigenvalue weighted by atomic mass is 16.3. The van der Waals surface area contributed by atoms with Crippen LogP contribution in [0.5, 0.6) is 0 Å². The second-order valence-corrected chi connectivity index (χ2v) is 5.48. The number of hydrogen-bond acceptors (Lipinski definition) is 2. The minimum Gasteiger partial charge on any atom is -0.393 e. The second kappa shape index (κ2) is 5.02. The minimum atomic E-state index is -0.0896. The molecule has 0 spiro atoms. The molecule has 1 saturated heterocycles. The first-order valence-electron chi connectivity index (χ1n) is 6.05. The molecule has 1 heterocycles. The van der Waals surface area contributed by atoms with E-state index < -0.39 is 0 Å². The van der Waals surface area contributed by atoms with Gasteiger partial charge in [0.05, 0.1) is 6.10 Å². The van der Waals surface area contributed by atoms with E-state index in [9.17, 15) is 5.11 Å². The van der Waals surface area contributed by atoms with Crippen LogP contribution in [0.4, 0.5) is 0 Å². The normalized spacial score (nSPS) is 19.3. The summed E-state index contributed by atoms with van der Waals surface area (Å²) in [7, 11) is 0. The Hall–Kier alpha value is -0.500. The Kier molecular flexibility index (Phi) is 4.21. The molecule has 0 saturated carbocycles. The average Bonchev–Trinajstić information content (AvgIpc) is 2.18. The van der Waals surface area contributed by atoms with E-state index >= 15 is 0 Å². The molecule has 2 heteroatoms. The van der Waals surface area contributed by atoms with Gasteiger partial charge in [0.15, 0.2) is 0 Å². The number of aliphatic hydroxyl groups excluding tert-OH is 1. The molecule has 0 radical (unpaired) electrons. The molecule has 0 aromatic carbocycles. The molecule has 0 aromatic rings. The van der Waals surface area contributed by atoms with Crippen LogP contribution < -0.4 is 0 Å². The van der Waals surface area contributed by atoms with E-state index in [0.29, 0.717) is 5.41 Å². The third-order valence-corrected chi connectivity index (χ3v) is 3.55. The summed E-state index contributed by atoms with van der Waals surface area (Å²) in [5.41, 5.74) is 1.60. The summed E-state index contributed by atoms with van der Waals surface area (Å²) >= 11 is 0. The van der Waals surface area contributed by atoms with Gasteiger partial charge in [0, 0.05) is 18.8 Å². The summed E-state index contributed by atoms with van der Waals surface area (Å²) in [6.45, 7) is 12.9. The first-order valence-corrected chi connectivity index (χ1v) is 6.05. The fourth-order valence-electron chi connectivity index (χ4n) is 1.97. The Labute approximate surface area is 94.0 Å². The van der Waals surface area contributed by atoms with Crippen LogP contribution in [-0.2, 0) is 0 Å².